The second-order valence-corrected chi connectivity index (χ2v) is 5.59. The lowest BCUT2D eigenvalue weighted by molar-refractivity contribution is -0.122. The molecule has 1 amide bonds. The smallest absolute Gasteiger partial charge is 0.220 e. The van der Waals surface area contributed by atoms with Gasteiger partial charge >= 0.3 is 0 Å². The normalized spacial score (nSPS) is 14.8. The summed E-state index contributed by atoms with van der Waals surface area (Å²) < 4.78 is 0. The van der Waals surface area contributed by atoms with Crippen molar-refractivity contribution in [3.05, 3.63) is 0 Å². The first kappa shape index (κ1) is 18.7. The van der Waals surface area contributed by atoms with Crippen molar-refractivity contribution in [1.29, 1.82) is 0 Å². The predicted octanol–water partition coefficient (Wildman–Crippen LogP) is 3.16. The molecule has 0 saturated heterocycles. The maximum atomic E-state index is 11.9. The van der Waals surface area contributed by atoms with Crippen molar-refractivity contribution >= 4 is 11.7 Å². The van der Waals surface area contributed by atoms with E-state index < -0.39 is 5.54 Å². The average molecular weight is 285 g/mol. The quantitative estimate of drug-likeness (QED) is 0.179. The van der Waals surface area contributed by atoms with Crippen molar-refractivity contribution < 1.29 is 10.0 Å². The van der Waals surface area contributed by atoms with Gasteiger partial charge in [-0.1, -0.05) is 57.5 Å². The summed E-state index contributed by atoms with van der Waals surface area (Å²) in [5.74, 6) is 0.0161. The van der Waals surface area contributed by atoms with Crippen molar-refractivity contribution in [3.8, 4) is 0 Å². The Hall–Kier alpha value is -1.26. The fourth-order valence-corrected chi connectivity index (χ4v) is 2.06. The van der Waals surface area contributed by atoms with Crippen LogP contribution in [0, 0.1) is 0 Å². The lowest BCUT2D eigenvalue weighted by atomic mass is 9.97. The average Bonchev–Trinajstić information content (AvgIpc) is 2.45. The zero-order valence-electron chi connectivity index (χ0n) is 13.2. The zero-order chi connectivity index (χ0) is 15.4. The van der Waals surface area contributed by atoms with E-state index in [1.165, 1.54) is 32.1 Å². The second-order valence-electron chi connectivity index (χ2n) is 5.59. The number of hydrogen-bond acceptors (Lipinski definition) is 3. The number of nitrogens with one attached hydrogen (secondary N) is 1. The van der Waals surface area contributed by atoms with Gasteiger partial charge in [0, 0.05) is 6.42 Å². The molecule has 0 bridgehead atoms. The molecule has 0 aliphatic heterocycles. The van der Waals surface area contributed by atoms with Crippen LogP contribution in [0.15, 0.2) is 5.16 Å². The van der Waals surface area contributed by atoms with Crippen LogP contribution in [0.5, 0.6) is 0 Å². The van der Waals surface area contributed by atoms with Gasteiger partial charge in [-0.3, -0.25) is 4.79 Å². The molecule has 0 spiro atoms. The fourth-order valence-electron chi connectivity index (χ4n) is 2.06. The number of oxime groups is 1. The lowest BCUT2D eigenvalue weighted by Crippen LogP contribution is -2.55. The molecule has 1 atom stereocenters. The van der Waals surface area contributed by atoms with E-state index in [0.29, 0.717) is 12.8 Å². The SMILES string of the molecule is CCCCCCCCCC(=O)NC(C)(CC)C(N)=NO. The van der Waals surface area contributed by atoms with Crippen LogP contribution in [0.3, 0.4) is 0 Å². The molecule has 0 aromatic rings. The molecule has 0 saturated carbocycles. The van der Waals surface area contributed by atoms with Gasteiger partial charge in [0.25, 0.3) is 0 Å². The molecule has 1 unspecified atom stereocenters. The Kier molecular flexibility index (Phi) is 9.86. The van der Waals surface area contributed by atoms with Crippen LogP contribution in [-0.4, -0.2) is 22.5 Å². The van der Waals surface area contributed by atoms with E-state index in [1.807, 2.05) is 6.92 Å². The summed E-state index contributed by atoms with van der Waals surface area (Å²) in [4.78, 5) is 11.9. The Morgan fingerprint density at radius 1 is 1.15 bits per heavy atom. The molecule has 0 aliphatic rings. The van der Waals surface area contributed by atoms with Crippen LogP contribution in [0.1, 0.15) is 78.6 Å². The molecule has 0 radical (unpaired) electrons. The number of nitrogens with two attached hydrogens (primary N) is 1. The molecule has 0 rings (SSSR count). The highest BCUT2D eigenvalue weighted by Crippen LogP contribution is 2.12. The van der Waals surface area contributed by atoms with E-state index in [2.05, 4.69) is 17.4 Å². The Morgan fingerprint density at radius 3 is 2.20 bits per heavy atom. The molecule has 4 N–H and O–H groups in total. The Bertz CT molecular complexity index is 305. The van der Waals surface area contributed by atoms with Crippen LogP contribution < -0.4 is 11.1 Å². The first-order valence-corrected chi connectivity index (χ1v) is 7.79. The van der Waals surface area contributed by atoms with E-state index in [-0.39, 0.29) is 11.7 Å². The summed E-state index contributed by atoms with van der Waals surface area (Å²) in [5.41, 5.74) is 4.86. The van der Waals surface area contributed by atoms with Gasteiger partial charge in [0.05, 0.1) is 5.54 Å². The van der Waals surface area contributed by atoms with Gasteiger partial charge in [0.1, 0.15) is 0 Å². The zero-order valence-corrected chi connectivity index (χ0v) is 13.2. The topological polar surface area (TPSA) is 87.7 Å². The summed E-state index contributed by atoms with van der Waals surface area (Å²) >= 11 is 0. The highest BCUT2D eigenvalue weighted by atomic mass is 16.4. The largest absolute Gasteiger partial charge is 0.409 e. The lowest BCUT2D eigenvalue weighted by Gasteiger charge is -2.28. The molecule has 0 aromatic carbocycles. The minimum atomic E-state index is -0.757. The molecular weight excluding hydrogens is 254 g/mol. The van der Waals surface area contributed by atoms with E-state index in [0.717, 1.165) is 12.8 Å². The molecule has 118 valence electrons. The number of hydrogen-bond donors (Lipinski definition) is 3. The predicted molar refractivity (Wildman–Crippen MR) is 82.9 cm³/mol. The third kappa shape index (κ3) is 7.36. The van der Waals surface area contributed by atoms with Crippen molar-refractivity contribution in [1.82, 2.24) is 5.32 Å². The maximum Gasteiger partial charge on any atom is 0.220 e. The molecule has 5 heteroatoms. The fraction of sp³-hybridized carbons (Fsp3) is 0.867. The van der Waals surface area contributed by atoms with E-state index in [9.17, 15) is 4.79 Å². The molecule has 20 heavy (non-hydrogen) atoms. The molecular formula is C15H31N3O2. The van der Waals surface area contributed by atoms with E-state index in [1.54, 1.807) is 6.92 Å². The number of nitrogens with zero attached hydrogens (tertiary/aromatic N) is 1. The molecule has 5 nitrogen and oxygen atoms in total. The van der Waals surface area contributed by atoms with Crippen molar-refractivity contribution in [2.45, 2.75) is 84.1 Å². The number of amides is 1. The van der Waals surface area contributed by atoms with E-state index in [4.69, 9.17) is 10.9 Å². The monoisotopic (exact) mass is 285 g/mol. The summed E-state index contributed by atoms with van der Waals surface area (Å²) in [6.45, 7) is 5.87. The number of carbonyl (C=O) groups excluding carboxylic acids is 1. The number of unbranched alkanes of at least 4 members (excludes halogenated alkanes) is 6. The standard InChI is InChI=1S/C15H31N3O2/c1-4-6-7-8-9-10-11-12-13(19)17-15(3,5-2)14(16)18-20/h20H,4-12H2,1-3H3,(H2,16,18)(H,17,19). The van der Waals surface area contributed by atoms with Gasteiger partial charge in [-0.2, -0.15) is 0 Å². The minimum Gasteiger partial charge on any atom is -0.409 e. The van der Waals surface area contributed by atoms with Gasteiger partial charge in [-0.05, 0) is 19.8 Å². The molecule has 0 aliphatic carbocycles. The van der Waals surface area contributed by atoms with Gasteiger partial charge in [0.2, 0.25) is 5.91 Å². The summed E-state index contributed by atoms with van der Waals surface area (Å²) in [7, 11) is 0. The molecule has 0 heterocycles. The summed E-state index contributed by atoms with van der Waals surface area (Å²) in [6, 6.07) is 0. The Morgan fingerprint density at radius 2 is 1.70 bits per heavy atom. The second kappa shape index (κ2) is 10.5. The first-order chi connectivity index (χ1) is 9.50. The summed E-state index contributed by atoms with van der Waals surface area (Å²) in [6.07, 6.45) is 9.37. The molecule has 0 fully saturated rings. The van der Waals surface area contributed by atoms with Crippen LogP contribution in [0.2, 0.25) is 0 Å². The van der Waals surface area contributed by atoms with Crippen molar-refractivity contribution in [2.24, 2.45) is 10.9 Å². The highest BCUT2D eigenvalue weighted by molar-refractivity contribution is 5.93. The van der Waals surface area contributed by atoms with Gasteiger partial charge < -0.3 is 16.3 Å². The minimum absolute atomic E-state index is 0.0329. The number of carbonyl (C=O) groups is 1. The van der Waals surface area contributed by atoms with Crippen LogP contribution in [-0.2, 0) is 4.79 Å². The van der Waals surface area contributed by atoms with Gasteiger partial charge in [0.15, 0.2) is 5.84 Å². The Labute approximate surface area is 123 Å². The maximum absolute atomic E-state index is 11.9. The molecule has 0 aromatic heterocycles. The third-order valence-electron chi connectivity index (χ3n) is 3.80. The Balaban J connectivity index is 3.88. The van der Waals surface area contributed by atoms with Gasteiger partial charge in [-0.15, -0.1) is 0 Å². The number of amidine groups is 1. The van der Waals surface area contributed by atoms with Crippen LogP contribution >= 0.6 is 0 Å². The first-order valence-electron chi connectivity index (χ1n) is 7.79. The third-order valence-corrected chi connectivity index (χ3v) is 3.80. The van der Waals surface area contributed by atoms with Crippen molar-refractivity contribution in [2.75, 3.05) is 0 Å². The number of rotatable bonds is 11. The van der Waals surface area contributed by atoms with Crippen molar-refractivity contribution in [3.63, 3.8) is 0 Å². The highest BCUT2D eigenvalue weighted by Gasteiger charge is 2.29. The van der Waals surface area contributed by atoms with Crippen LogP contribution in [0.4, 0.5) is 0 Å². The van der Waals surface area contributed by atoms with Gasteiger partial charge in [-0.25, -0.2) is 0 Å². The van der Waals surface area contributed by atoms with E-state index >= 15 is 0 Å². The summed E-state index contributed by atoms with van der Waals surface area (Å²) in [5, 5.41) is 14.6. The van der Waals surface area contributed by atoms with Crippen LogP contribution in [0.25, 0.3) is 0 Å².